The highest BCUT2D eigenvalue weighted by atomic mass is 16.2. The molecule has 20 heavy (non-hydrogen) atoms. The summed E-state index contributed by atoms with van der Waals surface area (Å²) in [6.45, 7) is 3.89. The van der Waals surface area contributed by atoms with Crippen LogP contribution in [-0.2, 0) is 17.6 Å². The number of amides is 1. The van der Waals surface area contributed by atoms with Crippen molar-refractivity contribution in [3.63, 3.8) is 0 Å². The Bertz CT molecular complexity index is 504. The summed E-state index contributed by atoms with van der Waals surface area (Å²) in [5.41, 5.74) is 3.55. The first kappa shape index (κ1) is 13.6. The van der Waals surface area contributed by atoms with E-state index in [2.05, 4.69) is 35.8 Å². The number of nitrogens with one attached hydrogen (secondary N) is 2. The van der Waals surface area contributed by atoms with Crippen LogP contribution in [0.2, 0.25) is 0 Å². The predicted molar refractivity (Wildman–Crippen MR) is 81.9 cm³/mol. The first-order valence-corrected chi connectivity index (χ1v) is 7.82. The number of carbonyl (C=O) groups is 1. The van der Waals surface area contributed by atoms with E-state index in [0.717, 1.165) is 44.5 Å². The van der Waals surface area contributed by atoms with Gasteiger partial charge in [-0.15, -0.1) is 0 Å². The van der Waals surface area contributed by atoms with Gasteiger partial charge in [0.15, 0.2) is 0 Å². The molecule has 3 nitrogen and oxygen atoms in total. The van der Waals surface area contributed by atoms with Gasteiger partial charge in [-0.3, -0.25) is 4.79 Å². The zero-order valence-corrected chi connectivity index (χ0v) is 12.3. The van der Waals surface area contributed by atoms with Gasteiger partial charge in [0.1, 0.15) is 0 Å². The molecule has 3 rings (SSSR count). The topological polar surface area (TPSA) is 41.1 Å². The van der Waals surface area contributed by atoms with Gasteiger partial charge >= 0.3 is 0 Å². The maximum atomic E-state index is 12.6. The molecule has 1 fully saturated rings. The molecule has 0 bridgehead atoms. The summed E-state index contributed by atoms with van der Waals surface area (Å²) in [5.74, 6) is 0.170. The van der Waals surface area contributed by atoms with E-state index in [-0.39, 0.29) is 11.3 Å². The van der Waals surface area contributed by atoms with E-state index in [9.17, 15) is 4.79 Å². The molecular formula is C17H24N2O. The summed E-state index contributed by atoms with van der Waals surface area (Å²) < 4.78 is 0. The van der Waals surface area contributed by atoms with Crippen LogP contribution in [0, 0.1) is 5.41 Å². The molecule has 1 heterocycles. The van der Waals surface area contributed by atoms with Crippen molar-refractivity contribution in [2.24, 2.45) is 5.41 Å². The second-order valence-electron chi connectivity index (χ2n) is 6.45. The van der Waals surface area contributed by atoms with E-state index in [1.54, 1.807) is 0 Å². The maximum Gasteiger partial charge on any atom is 0.231 e. The maximum absolute atomic E-state index is 12.6. The molecule has 2 N–H and O–H groups in total. The van der Waals surface area contributed by atoms with Crippen LogP contribution in [0.15, 0.2) is 18.2 Å². The Morgan fingerprint density at radius 1 is 1.25 bits per heavy atom. The van der Waals surface area contributed by atoms with Gasteiger partial charge < -0.3 is 10.6 Å². The van der Waals surface area contributed by atoms with Crippen molar-refractivity contribution in [1.29, 1.82) is 0 Å². The lowest BCUT2D eigenvalue weighted by molar-refractivity contribution is -0.125. The molecule has 1 aliphatic carbocycles. The average molecular weight is 272 g/mol. The Morgan fingerprint density at radius 3 is 2.90 bits per heavy atom. The van der Waals surface area contributed by atoms with Crippen LogP contribution < -0.4 is 10.6 Å². The van der Waals surface area contributed by atoms with E-state index in [1.807, 2.05) is 0 Å². The molecule has 0 saturated carbocycles. The number of fused-ring (bicyclic) bond motifs is 1. The van der Waals surface area contributed by atoms with Gasteiger partial charge in [0.2, 0.25) is 5.91 Å². The second-order valence-corrected chi connectivity index (χ2v) is 6.45. The number of hydrogen-bond donors (Lipinski definition) is 2. The lowest BCUT2D eigenvalue weighted by Gasteiger charge is -2.33. The fraction of sp³-hybridized carbons (Fsp3) is 0.588. The van der Waals surface area contributed by atoms with Gasteiger partial charge in [-0.05, 0) is 69.2 Å². The standard InChI is InChI=1S/C17H24N2O/c1-17(10-5-11-18-12-17)16(20)19-15-9-4-7-13-6-2-3-8-14(13)15/h4,7,9,18H,2-3,5-6,8,10-12H2,1H3,(H,19,20). The number of carbonyl (C=O) groups excluding carboxylic acids is 1. The van der Waals surface area contributed by atoms with Crippen LogP contribution in [0.4, 0.5) is 5.69 Å². The number of piperidine rings is 1. The fourth-order valence-corrected chi connectivity index (χ4v) is 3.42. The molecule has 0 radical (unpaired) electrons. The van der Waals surface area contributed by atoms with E-state index < -0.39 is 0 Å². The van der Waals surface area contributed by atoms with Gasteiger partial charge in [-0.25, -0.2) is 0 Å². The van der Waals surface area contributed by atoms with Crippen LogP contribution >= 0.6 is 0 Å². The zero-order valence-electron chi connectivity index (χ0n) is 12.3. The molecule has 1 aromatic rings. The minimum absolute atomic E-state index is 0.170. The summed E-state index contributed by atoms with van der Waals surface area (Å²) in [6, 6.07) is 6.33. The second kappa shape index (κ2) is 5.57. The zero-order chi connectivity index (χ0) is 14.0. The van der Waals surface area contributed by atoms with Crippen molar-refractivity contribution < 1.29 is 4.79 Å². The van der Waals surface area contributed by atoms with Crippen molar-refractivity contribution in [3.8, 4) is 0 Å². The van der Waals surface area contributed by atoms with Crippen molar-refractivity contribution in [3.05, 3.63) is 29.3 Å². The lowest BCUT2D eigenvalue weighted by atomic mass is 9.81. The summed E-state index contributed by atoms with van der Waals surface area (Å²) in [5, 5.41) is 6.54. The molecule has 1 aromatic carbocycles. The monoisotopic (exact) mass is 272 g/mol. The Kier molecular flexibility index (Phi) is 3.79. The highest BCUT2D eigenvalue weighted by Gasteiger charge is 2.35. The van der Waals surface area contributed by atoms with Gasteiger partial charge in [-0.1, -0.05) is 12.1 Å². The number of aryl methyl sites for hydroxylation is 1. The third-order valence-corrected chi connectivity index (χ3v) is 4.79. The molecule has 2 aliphatic rings. The van der Waals surface area contributed by atoms with Crippen LogP contribution in [0.25, 0.3) is 0 Å². The molecule has 1 amide bonds. The molecule has 0 spiro atoms. The van der Waals surface area contributed by atoms with Crippen molar-refractivity contribution in [1.82, 2.24) is 5.32 Å². The average Bonchev–Trinajstić information content (AvgIpc) is 2.48. The van der Waals surface area contributed by atoms with Gasteiger partial charge in [0.25, 0.3) is 0 Å². The Labute approximate surface area is 121 Å². The van der Waals surface area contributed by atoms with E-state index in [4.69, 9.17) is 0 Å². The summed E-state index contributed by atoms with van der Waals surface area (Å²) in [4.78, 5) is 12.6. The largest absolute Gasteiger partial charge is 0.325 e. The third kappa shape index (κ3) is 2.59. The SMILES string of the molecule is CC1(C(=O)Nc2cccc3c2CCCC3)CCCNC1. The highest BCUT2D eigenvalue weighted by molar-refractivity contribution is 5.96. The fourth-order valence-electron chi connectivity index (χ4n) is 3.42. The summed E-state index contributed by atoms with van der Waals surface area (Å²) in [6.07, 6.45) is 6.81. The Morgan fingerprint density at radius 2 is 2.10 bits per heavy atom. The highest BCUT2D eigenvalue weighted by Crippen LogP contribution is 2.31. The quantitative estimate of drug-likeness (QED) is 0.869. The van der Waals surface area contributed by atoms with Gasteiger partial charge in [-0.2, -0.15) is 0 Å². The minimum Gasteiger partial charge on any atom is -0.325 e. The van der Waals surface area contributed by atoms with E-state index >= 15 is 0 Å². The molecule has 0 aromatic heterocycles. The van der Waals surface area contributed by atoms with Crippen LogP contribution in [0.5, 0.6) is 0 Å². The molecule has 1 aliphatic heterocycles. The van der Waals surface area contributed by atoms with Crippen LogP contribution in [0.3, 0.4) is 0 Å². The predicted octanol–water partition coefficient (Wildman–Crippen LogP) is 2.89. The normalized spacial score (nSPS) is 25.9. The summed E-state index contributed by atoms with van der Waals surface area (Å²) >= 11 is 0. The Balaban J connectivity index is 1.79. The number of rotatable bonds is 2. The summed E-state index contributed by atoms with van der Waals surface area (Å²) in [7, 11) is 0. The number of benzene rings is 1. The van der Waals surface area contributed by atoms with Crippen LogP contribution in [0.1, 0.15) is 43.7 Å². The molecule has 1 atom stereocenters. The lowest BCUT2D eigenvalue weighted by Crippen LogP contribution is -2.46. The Hall–Kier alpha value is -1.35. The minimum atomic E-state index is -0.268. The molecular weight excluding hydrogens is 248 g/mol. The van der Waals surface area contributed by atoms with E-state index in [1.165, 1.54) is 24.0 Å². The van der Waals surface area contributed by atoms with Gasteiger partial charge in [0.05, 0.1) is 5.41 Å². The van der Waals surface area contributed by atoms with E-state index in [0.29, 0.717) is 0 Å². The molecule has 3 heteroatoms. The first-order valence-electron chi connectivity index (χ1n) is 7.82. The smallest absolute Gasteiger partial charge is 0.231 e. The number of anilines is 1. The third-order valence-electron chi connectivity index (χ3n) is 4.79. The number of hydrogen-bond acceptors (Lipinski definition) is 2. The van der Waals surface area contributed by atoms with Gasteiger partial charge in [0, 0.05) is 12.2 Å². The van der Waals surface area contributed by atoms with Crippen molar-refractivity contribution in [2.75, 3.05) is 18.4 Å². The molecule has 1 saturated heterocycles. The molecule has 1 unspecified atom stereocenters. The molecule has 108 valence electrons. The van der Waals surface area contributed by atoms with Crippen LogP contribution in [-0.4, -0.2) is 19.0 Å². The van der Waals surface area contributed by atoms with Crippen molar-refractivity contribution in [2.45, 2.75) is 45.4 Å². The van der Waals surface area contributed by atoms with Crippen molar-refractivity contribution >= 4 is 11.6 Å². The first-order chi connectivity index (χ1) is 9.69.